The van der Waals surface area contributed by atoms with Gasteiger partial charge < -0.3 is 15.0 Å². The molecule has 0 aliphatic heterocycles. The van der Waals surface area contributed by atoms with Crippen LogP contribution in [0.1, 0.15) is 16.8 Å². The highest BCUT2D eigenvalue weighted by atomic mass is 19.4. The molecule has 3 rings (SSSR count). The Morgan fingerprint density at radius 3 is 2.61 bits per heavy atom. The van der Waals surface area contributed by atoms with Crippen LogP contribution in [0.25, 0.3) is 10.9 Å². The molecule has 2 aromatic carbocycles. The minimum Gasteiger partial charge on any atom is -0.482 e. The van der Waals surface area contributed by atoms with Crippen LogP contribution in [-0.2, 0) is 11.2 Å². The molecule has 1 aromatic heterocycles. The van der Waals surface area contributed by atoms with Gasteiger partial charge in [-0.3, -0.25) is 4.79 Å². The predicted molar refractivity (Wildman–Crippen MR) is 98.1 cm³/mol. The van der Waals surface area contributed by atoms with Gasteiger partial charge in [0.15, 0.2) is 6.61 Å². The average Bonchev–Trinajstić information content (AvgIpc) is 2.89. The molecule has 1 amide bonds. The van der Waals surface area contributed by atoms with Crippen LogP contribution < -0.4 is 10.1 Å². The first-order valence-corrected chi connectivity index (χ1v) is 8.49. The van der Waals surface area contributed by atoms with Gasteiger partial charge >= 0.3 is 6.18 Å². The highest BCUT2D eigenvalue weighted by Crippen LogP contribution is 2.29. The van der Waals surface area contributed by atoms with Crippen LogP contribution in [-0.4, -0.2) is 23.7 Å². The Labute approximate surface area is 158 Å². The molecule has 0 saturated heterocycles. The van der Waals surface area contributed by atoms with E-state index in [1.54, 1.807) is 26.0 Å². The lowest BCUT2D eigenvalue weighted by Crippen LogP contribution is -2.21. The van der Waals surface area contributed by atoms with Crippen LogP contribution in [0, 0.1) is 19.7 Å². The summed E-state index contributed by atoms with van der Waals surface area (Å²) in [5.74, 6) is -0.934. The van der Waals surface area contributed by atoms with E-state index in [1.807, 2.05) is 0 Å². The number of hydrogen-bond donors (Lipinski definition) is 2. The van der Waals surface area contributed by atoms with Crippen molar-refractivity contribution in [3.63, 3.8) is 0 Å². The fourth-order valence-electron chi connectivity index (χ4n) is 2.95. The maximum Gasteiger partial charge on any atom is 0.422 e. The van der Waals surface area contributed by atoms with E-state index in [-0.39, 0.29) is 17.9 Å². The van der Waals surface area contributed by atoms with Gasteiger partial charge in [-0.25, -0.2) is 4.39 Å². The molecule has 0 atom stereocenters. The standard InChI is InChI=1S/C20H18F4N2O2/c1-11-3-5-17(18(7-11)28-10-20(22,23)24)26-19(27)9-14-12(2)25-16-6-4-13(21)8-15(14)16/h3-8,25H,9-10H2,1-2H3,(H,26,27). The number of aromatic nitrogens is 1. The number of alkyl halides is 3. The Balaban J connectivity index is 1.80. The lowest BCUT2D eigenvalue weighted by molar-refractivity contribution is -0.153. The average molecular weight is 394 g/mol. The van der Waals surface area contributed by atoms with Crippen molar-refractivity contribution in [3.8, 4) is 5.75 Å². The third-order valence-electron chi connectivity index (χ3n) is 4.22. The van der Waals surface area contributed by atoms with E-state index in [2.05, 4.69) is 10.3 Å². The van der Waals surface area contributed by atoms with Crippen LogP contribution >= 0.6 is 0 Å². The van der Waals surface area contributed by atoms with Crippen molar-refractivity contribution in [1.82, 2.24) is 4.98 Å². The number of carbonyl (C=O) groups is 1. The van der Waals surface area contributed by atoms with Crippen LogP contribution in [0.15, 0.2) is 36.4 Å². The summed E-state index contributed by atoms with van der Waals surface area (Å²) in [5, 5.41) is 3.17. The molecular formula is C20H18F4N2O2. The molecule has 0 fully saturated rings. The topological polar surface area (TPSA) is 54.1 Å². The number of halogens is 4. The van der Waals surface area contributed by atoms with Crippen molar-refractivity contribution in [2.24, 2.45) is 0 Å². The van der Waals surface area contributed by atoms with Crippen molar-refractivity contribution < 1.29 is 27.1 Å². The van der Waals surface area contributed by atoms with E-state index in [0.29, 0.717) is 27.7 Å². The number of aryl methyl sites for hydroxylation is 2. The third-order valence-corrected chi connectivity index (χ3v) is 4.22. The smallest absolute Gasteiger partial charge is 0.422 e. The Bertz CT molecular complexity index is 1020. The molecule has 0 radical (unpaired) electrons. The molecule has 3 aromatic rings. The summed E-state index contributed by atoms with van der Waals surface area (Å²) in [7, 11) is 0. The lowest BCUT2D eigenvalue weighted by Gasteiger charge is -2.14. The second-order valence-electron chi connectivity index (χ2n) is 6.55. The predicted octanol–water partition coefficient (Wildman–Crippen LogP) is 5.05. The van der Waals surface area contributed by atoms with E-state index >= 15 is 0 Å². The summed E-state index contributed by atoms with van der Waals surface area (Å²) in [5.41, 5.74) is 2.87. The van der Waals surface area contributed by atoms with Crippen molar-refractivity contribution >= 4 is 22.5 Å². The molecule has 1 heterocycles. The molecule has 0 aliphatic carbocycles. The fraction of sp³-hybridized carbons (Fsp3) is 0.250. The van der Waals surface area contributed by atoms with Gasteiger partial charge in [0.05, 0.1) is 12.1 Å². The van der Waals surface area contributed by atoms with Gasteiger partial charge in [0.25, 0.3) is 0 Å². The summed E-state index contributed by atoms with van der Waals surface area (Å²) in [6.45, 7) is 2.01. The summed E-state index contributed by atoms with van der Waals surface area (Å²) in [4.78, 5) is 15.6. The lowest BCUT2D eigenvalue weighted by atomic mass is 10.1. The van der Waals surface area contributed by atoms with Gasteiger partial charge in [0.1, 0.15) is 11.6 Å². The number of H-pyrrole nitrogens is 1. The molecule has 4 nitrogen and oxygen atoms in total. The molecule has 0 spiro atoms. The first-order chi connectivity index (χ1) is 13.1. The van der Waals surface area contributed by atoms with Crippen LogP contribution in [0.5, 0.6) is 5.75 Å². The van der Waals surface area contributed by atoms with Crippen LogP contribution in [0.3, 0.4) is 0 Å². The number of rotatable bonds is 5. The first kappa shape index (κ1) is 19.7. The van der Waals surface area contributed by atoms with Gasteiger partial charge in [0.2, 0.25) is 5.91 Å². The van der Waals surface area contributed by atoms with Gasteiger partial charge in [-0.05, 0) is 55.3 Å². The molecule has 28 heavy (non-hydrogen) atoms. The maximum atomic E-state index is 13.6. The Morgan fingerprint density at radius 2 is 1.89 bits per heavy atom. The third kappa shape index (κ3) is 4.62. The van der Waals surface area contributed by atoms with E-state index in [0.717, 1.165) is 0 Å². The number of anilines is 1. The summed E-state index contributed by atoms with van der Waals surface area (Å²) in [6.07, 6.45) is -4.56. The number of hydrogen-bond acceptors (Lipinski definition) is 2. The van der Waals surface area contributed by atoms with Crippen LogP contribution in [0.2, 0.25) is 0 Å². The number of fused-ring (bicyclic) bond motifs is 1. The number of amides is 1. The zero-order valence-corrected chi connectivity index (χ0v) is 15.2. The molecular weight excluding hydrogens is 376 g/mol. The molecule has 2 N–H and O–H groups in total. The van der Waals surface area contributed by atoms with E-state index in [9.17, 15) is 22.4 Å². The summed E-state index contributed by atoms with van der Waals surface area (Å²) >= 11 is 0. The van der Waals surface area contributed by atoms with Crippen LogP contribution in [0.4, 0.5) is 23.2 Å². The summed E-state index contributed by atoms with van der Waals surface area (Å²) in [6, 6.07) is 8.81. The SMILES string of the molecule is Cc1ccc(NC(=O)Cc2c(C)[nH]c3ccc(F)cc23)c(OCC(F)(F)F)c1. The number of ether oxygens (including phenoxy) is 1. The summed E-state index contributed by atoms with van der Waals surface area (Å²) < 4.78 is 55.8. The number of benzene rings is 2. The molecule has 0 bridgehead atoms. The molecule has 0 aliphatic rings. The highest BCUT2D eigenvalue weighted by Gasteiger charge is 2.29. The molecule has 8 heteroatoms. The monoisotopic (exact) mass is 394 g/mol. The van der Waals surface area contributed by atoms with E-state index in [1.165, 1.54) is 24.3 Å². The Kier molecular flexibility index (Phi) is 5.31. The fourth-order valence-corrected chi connectivity index (χ4v) is 2.95. The zero-order chi connectivity index (χ0) is 20.5. The zero-order valence-electron chi connectivity index (χ0n) is 15.2. The highest BCUT2D eigenvalue weighted by molar-refractivity contribution is 5.97. The Morgan fingerprint density at radius 1 is 1.14 bits per heavy atom. The van der Waals surface area contributed by atoms with Crippen molar-refractivity contribution in [1.29, 1.82) is 0 Å². The number of carbonyl (C=O) groups excluding carboxylic acids is 1. The van der Waals surface area contributed by atoms with E-state index < -0.39 is 24.5 Å². The number of aromatic amines is 1. The molecule has 0 unspecified atom stereocenters. The number of nitrogens with one attached hydrogen (secondary N) is 2. The normalized spacial score (nSPS) is 11.6. The van der Waals surface area contributed by atoms with Gasteiger partial charge in [-0.2, -0.15) is 13.2 Å². The van der Waals surface area contributed by atoms with Gasteiger partial charge in [-0.15, -0.1) is 0 Å². The second kappa shape index (κ2) is 7.53. The van der Waals surface area contributed by atoms with Gasteiger partial charge in [0, 0.05) is 16.6 Å². The maximum absolute atomic E-state index is 13.6. The first-order valence-electron chi connectivity index (χ1n) is 8.49. The quantitative estimate of drug-likeness (QED) is 0.596. The van der Waals surface area contributed by atoms with Crippen molar-refractivity contribution in [2.45, 2.75) is 26.4 Å². The van der Waals surface area contributed by atoms with E-state index in [4.69, 9.17) is 4.74 Å². The largest absolute Gasteiger partial charge is 0.482 e. The molecule has 148 valence electrons. The van der Waals surface area contributed by atoms with Crippen molar-refractivity contribution in [2.75, 3.05) is 11.9 Å². The van der Waals surface area contributed by atoms with Crippen molar-refractivity contribution in [3.05, 3.63) is 59.0 Å². The molecule has 0 saturated carbocycles. The minimum atomic E-state index is -4.49. The van der Waals surface area contributed by atoms with Gasteiger partial charge in [-0.1, -0.05) is 6.07 Å². The Hall–Kier alpha value is -3.03. The minimum absolute atomic E-state index is 0.0626. The second-order valence-corrected chi connectivity index (χ2v) is 6.55.